The van der Waals surface area contributed by atoms with E-state index in [1.54, 1.807) is 12.1 Å². The zero-order valence-electron chi connectivity index (χ0n) is 16.0. The van der Waals surface area contributed by atoms with Gasteiger partial charge in [0.1, 0.15) is 5.58 Å². The molecule has 29 heavy (non-hydrogen) atoms. The number of fused-ring (bicyclic) bond motifs is 1. The summed E-state index contributed by atoms with van der Waals surface area (Å²) in [4.78, 5) is 36.6. The lowest BCUT2D eigenvalue weighted by atomic mass is 9.97. The summed E-state index contributed by atoms with van der Waals surface area (Å²) in [7, 11) is 0. The molecule has 1 N–H and O–H groups in total. The maximum Gasteiger partial charge on any atom is 0.374 e. The lowest BCUT2D eigenvalue weighted by Crippen LogP contribution is -2.22. The van der Waals surface area contributed by atoms with Crippen molar-refractivity contribution in [1.29, 1.82) is 0 Å². The maximum absolute atomic E-state index is 12.2. The molecule has 0 bridgehead atoms. The van der Waals surface area contributed by atoms with Crippen molar-refractivity contribution in [3.8, 4) is 0 Å². The summed E-state index contributed by atoms with van der Waals surface area (Å²) in [5, 5.41) is 3.40. The molecule has 1 heterocycles. The molecule has 1 atom stereocenters. The third-order valence-electron chi connectivity index (χ3n) is 4.60. The zero-order chi connectivity index (χ0) is 21.0. The summed E-state index contributed by atoms with van der Waals surface area (Å²) in [6.45, 7) is 3.63. The van der Waals surface area contributed by atoms with E-state index in [2.05, 4.69) is 19.2 Å². The lowest BCUT2D eigenvalue weighted by Gasteiger charge is -2.15. The Hall–Kier alpha value is -3.12. The minimum absolute atomic E-state index is 0.209. The average Bonchev–Trinajstić information content (AvgIpc) is 2.72. The maximum atomic E-state index is 12.2. The van der Waals surface area contributed by atoms with E-state index in [1.807, 2.05) is 18.2 Å². The molecule has 0 aliphatic heterocycles. The number of halogens is 1. The molecule has 1 amide bonds. The molecule has 150 valence electrons. The predicted octanol–water partition coefficient (Wildman–Crippen LogP) is 4.76. The van der Waals surface area contributed by atoms with Gasteiger partial charge in [-0.3, -0.25) is 9.59 Å². The highest BCUT2D eigenvalue weighted by Crippen LogP contribution is 2.26. The van der Waals surface area contributed by atoms with Gasteiger partial charge < -0.3 is 14.5 Å². The van der Waals surface area contributed by atoms with Crippen LogP contribution in [0.4, 0.5) is 5.69 Å². The van der Waals surface area contributed by atoms with Gasteiger partial charge >= 0.3 is 5.97 Å². The standard InChI is InChI=1S/C22H20ClNO5/c1-3-13(2)15-6-4-5-7-17(15)24-21(26)12-28-22(27)20-11-18(25)16-10-14(23)8-9-19(16)29-20/h4-11,13H,3,12H2,1-2H3,(H,24,26)/t13-/m0/s1. The van der Waals surface area contributed by atoms with Crippen molar-refractivity contribution in [3.63, 3.8) is 0 Å². The van der Waals surface area contributed by atoms with Crippen LogP contribution in [0.2, 0.25) is 5.02 Å². The first-order valence-corrected chi connectivity index (χ1v) is 9.56. The van der Waals surface area contributed by atoms with Crippen molar-refractivity contribution < 1.29 is 18.7 Å². The van der Waals surface area contributed by atoms with Gasteiger partial charge in [0.05, 0.1) is 5.39 Å². The van der Waals surface area contributed by atoms with E-state index < -0.39 is 23.9 Å². The van der Waals surface area contributed by atoms with E-state index in [4.69, 9.17) is 20.8 Å². The number of carbonyl (C=O) groups is 2. The summed E-state index contributed by atoms with van der Waals surface area (Å²) < 4.78 is 10.4. The van der Waals surface area contributed by atoms with Crippen molar-refractivity contribution in [2.45, 2.75) is 26.2 Å². The molecule has 3 rings (SSSR count). The third-order valence-corrected chi connectivity index (χ3v) is 4.84. The second-order valence-electron chi connectivity index (χ2n) is 6.64. The van der Waals surface area contributed by atoms with E-state index in [-0.39, 0.29) is 22.6 Å². The number of esters is 1. The highest BCUT2D eigenvalue weighted by Gasteiger charge is 2.17. The van der Waals surface area contributed by atoms with Crippen molar-refractivity contribution in [1.82, 2.24) is 0 Å². The van der Waals surface area contributed by atoms with Crippen LogP contribution in [-0.4, -0.2) is 18.5 Å². The number of anilines is 1. The Morgan fingerprint density at radius 3 is 2.69 bits per heavy atom. The van der Waals surface area contributed by atoms with Gasteiger partial charge in [0, 0.05) is 16.8 Å². The summed E-state index contributed by atoms with van der Waals surface area (Å²) in [6.07, 6.45) is 0.925. The number of carbonyl (C=O) groups excluding carboxylic acids is 2. The van der Waals surface area contributed by atoms with E-state index in [9.17, 15) is 14.4 Å². The SMILES string of the molecule is CC[C@H](C)c1ccccc1NC(=O)COC(=O)c1cc(=O)c2cc(Cl)ccc2o1. The van der Waals surface area contributed by atoms with Gasteiger partial charge in [0.25, 0.3) is 5.91 Å². The second-order valence-corrected chi connectivity index (χ2v) is 7.07. The summed E-state index contributed by atoms with van der Waals surface area (Å²) in [5.41, 5.74) is 1.47. The first-order valence-electron chi connectivity index (χ1n) is 9.18. The molecule has 0 saturated heterocycles. The van der Waals surface area contributed by atoms with Crippen LogP contribution in [0.3, 0.4) is 0 Å². The van der Waals surface area contributed by atoms with Crippen LogP contribution in [0.1, 0.15) is 42.3 Å². The van der Waals surface area contributed by atoms with Crippen LogP contribution in [0, 0.1) is 0 Å². The number of para-hydroxylation sites is 1. The monoisotopic (exact) mass is 413 g/mol. The Balaban J connectivity index is 1.68. The summed E-state index contributed by atoms with van der Waals surface area (Å²) in [5.74, 6) is -1.39. The largest absolute Gasteiger partial charge is 0.450 e. The number of amides is 1. The normalized spacial score (nSPS) is 11.8. The number of rotatable bonds is 6. The summed E-state index contributed by atoms with van der Waals surface area (Å²) >= 11 is 5.87. The molecule has 2 aromatic carbocycles. The molecule has 0 aliphatic carbocycles. The highest BCUT2D eigenvalue weighted by molar-refractivity contribution is 6.31. The number of hydrogen-bond donors (Lipinski definition) is 1. The minimum atomic E-state index is -0.899. The molecule has 0 unspecified atom stereocenters. The number of hydrogen-bond acceptors (Lipinski definition) is 5. The average molecular weight is 414 g/mol. The smallest absolute Gasteiger partial charge is 0.374 e. The van der Waals surface area contributed by atoms with Crippen molar-refractivity contribution in [3.05, 3.63) is 75.1 Å². The van der Waals surface area contributed by atoms with Crippen LogP contribution in [0.5, 0.6) is 0 Å². The molecule has 0 radical (unpaired) electrons. The first-order chi connectivity index (χ1) is 13.9. The van der Waals surface area contributed by atoms with Crippen LogP contribution in [-0.2, 0) is 9.53 Å². The van der Waals surface area contributed by atoms with Crippen molar-refractivity contribution >= 4 is 40.1 Å². The zero-order valence-corrected chi connectivity index (χ0v) is 16.8. The molecular formula is C22H20ClNO5. The van der Waals surface area contributed by atoms with E-state index in [0.717, 1.165) is 18.1 Å². The van der Waals surface area contributed by atoms with Crippen LogP contribution >= 0.6 is 11.6 Å². The first kappa shape index (κ1) is 20.6. The molecule has 0 saturated carbocycles. The number of benzene rings is 2. The summed E-state index contributed by atoms with van der Waals surface area (Å²) in [6, 6.07) is 13.0. The number of ether oxygens (including phenoxy) is 1. The quantitative estimate of drug-likeness (QED) is 0.589. The van der Waals surface area contributed by atoms with Crippen molar-refractivity contribution in [2.75, 3.05) is 11.9 Å². The Morgan fingerprint density at radius 1 is 1.17 bits per heavy atom. The van der Waals surface area contributed by atoms with E-state index in [0.29, 0.717) is 10.7 Å². The molecule has 0 spiro atoms. The Labute approximate surface area is 172 Å². The van der Waals surface area contributed by atoms with Gasteiger partial charge in [0.2, 0.25) is 5.76 Å². The van der Waals surface area contributed by atoms with Crippen LogP contribution < -0.4 is 10.7 Å². The molecule has 7 heteroatoms. The predicted molar refractivity (Wildman–Crippen MR) is 112 cm³/mol. The fourth-order valence-electron chi connectivity index (χ4n) is 2.88. The molecule has 6 nitrogen and oxygen atoms in total. The minimum Gasteiger partial charge on any atom is -0.450 e. The Kier molecular flexibility index (Phi) is 6.34. The van der Waals surface area contributed by atoms with Gasteiger partial charge in [0.15, 0.2) is 12.0 Å². The van der Waals surface area contributed by atoms with Gasteiger partial charge in [-0.15, -0.1) is 0 Å². The van der Waals surface area contributed by atoms with Crippen molar-refractivity contribution in [2.24, 2.45) is 0 Å². The van der Waals surface area contributed by atoms with E-state index in [1.165, 1.54) is 12.1 Å². The van der Waals surface area contributed by atoms with Gasteiger partial charge in [-0.25, -0.2) is 4.79 Å². The highest BCUT2D eigenvalue weighted by atomic mass is 35.5. The molecular weight excluding hydrogens is 394 g/mol. The third kappa shape index (κ3) is 4.84. The Morgan fingerprint density at radius 2 is 1.93 bits per heavy atom. The second kappa shape index (κ2) is 8.92. The topological polar surface area (TPSA) is 85.6 Å². The fraction of sp³-hybridized carbons (Fsp3) is 0.227. The molecule has 1 aromatic heterocycles. The van der Waals surface area contributed by atoms with Gasteiger partial charge in [-0.1, -0.05) is 43.6 Å². The fourth-order valence-corrected chi connectivity index (χ4v) is 3.05. The molecule has 0 aliphatic rings. The molecule has 3 aromatic rings. The van der Waals surface area contributed by atoms with Crippen LogP contribution in [0.15, 0.2) is 57.7 Å². The van der Waals surface area contributed by atoms with Gasteiger partial charge in [-0.05, 0) is 42.2 Å². The van der Waals surface area contributed by atoms with E-state index >= 15 is 0 Å². The van der Waals surface area contributed by atoms with Crippen LogP contribution in [0.25, 0.3) is 11.0 Å². The lowest BCUT2D eigenvalue weighted by molar-refractivity contribution is -0.119. The number of nitrogens with one attached hydrogen (secondary N) is 1. The molecule has 0 fully saturated rings. The Bertz CT molecular complexity index is 1120. The van der Waals surface area contributed by atoms with Gasteiger partial charge in [-0.2, -0.15) is 0 Å².